The highest BCUT2D eigenvalue weighted by atomic mass is 16.5. The topological polar surface area (TPSA) is 26.3 Å². The maximum absolute atomic E-state index is 12.1. The van der Waals surface area contributed by atoms with E-state index in [1.54, 1.807) is 0 Å². The maximum atomic E-state index is 12.1. The number of rotatable bonds is 13. The lowest BCUT2D eigenvalue weighted by Crippen LogP contribution is -2.20. The van der Waals surface area contributed by atoms with E-state index in [0.29, 0.717) is 12.5 Å². The Morgan fingerprint density at radius 3 is 2.00 bits per heavy atom. The minimum Gasteiger partial charge on any atom is -0.465 e. The van der Waals surface area contributed by atoms with E-state index in [1.807, 2.05) is 0 Å². The SMILES string of the molecule is CCCCCCCCC(CC)C(=O)OCC(CC)CC. The zero-order chi connectivity index (χ0) is 15.2. The van der Waals surface area contributed by atoms with Crippen LogP contribution in [0.1, 0.15) is 91.9 Å². The van der Waals surface area contributed by atoms with E-state index in [0.717, 1.165) is 25.7 Å². The first kappa shape index (κ1) is 19.5. The van der Waals surface area contributed by atoms with E-state index < -0.39 is 0 Å². The van der Waals surface area contributed by atoms with Crippen molar-refractivity contribution < 1.29 is 9.53 Å². The highest BCUT2D eigenvalue weighted by Crippen LogP contribution is 2.18. The van der Waals surface area contributed by atoms with Crippen molar-refractivity contribution in [3.63, 3.8) is 0 Å². The molecule has 0 amide bonds. The molecule has 0 fully saturated rings. The van der Waals surface area contributed by atoms with Gasteiger partial charge >= 0.3 is 5.97 Å². The molecule has 0 heterocycles. The fraction of sp³-hybridized carbons (Fsp3) is 0.944. The lowest BCUT2D eigenvalue weighted by Gasteiger charge is -2.17. The smallest absolute Gasteiger partial charge is 0.308 e. The van der Waals surface area contributed by atoms with Crippen molar-refractivity contribution in [3.05, 3.63) is 0 Å². The van der Waals surface area contributed by atoms with E-state index in [2.05, 4.69) is 27.7 Å². The van der Waals surface area contributed by atoms with Gasteiger partial charge in [0.1, 0.15) is 0 Å². The van der Waals surface area contributed by atoms with Gasteiger partial charge in [-0.05, 0) is 18.8 Å². The van der Waals surface area contributed by atoms with Crippen molar-refractivity contribution in [2.75, 3.05) is 6.61 Å². The molecule has 0 aliphatic carbocycles. The third-order valence-electron chi connectivity index (χ3n) is 4.35. The van der Waals surface area contributed by atoms with Crippen LogP contribution in [-0.2, 0) is 9.53 Å². The van der Waals surface area contributed by atoms with E-state index in [1.165, 1.54) is 38.5 Å². The highest BCUT2D eigenvalue weighted by Gasteiger charge is 2.18. The van der Waals surface area contributed by atoms with E-state index in [-0.39, 0.29) is 11.9 Å². The molecular weight excluding hydrogens is 248 g/mol. The molecule has 20 heavy (non-hydrogen) atoms. The first-order valence-electron chi connectivity index (χ1n) is 8.86. The second-order valence-electron chi connectivity index (χ2n) is 5.97. The van der Waals surface area contributed by atoms with Gasteiger partial charge in [0.25, 0.3) is 0 Å². The van der Waals surface area contributed by atoms with Gasteiger partial charge in [0.15, 0.2) is 0 Å². The summed E-state index contributed by atoms with van der Waals surface area (Å²) in [5, 5.41) is 0. The van der Waals surface area contributed by atoms with Crippen LogP contribution in [0.4, 0.5) is 0 Å². The molecule has 120 valence electrons. The lowest BCUT2D eigenvalue weighted by atomic mass is 9.98. The Morgan fingerprint density at radius 2 is 1.45 bits per heavy atom. The fourth-order valence-corrected chi connectivity index (χ4v) is 2.50. The van der Waals surface area contributed by atoms with Gasteiger partial charge in [-0.1, -0.05) is 79.1 Å². The van der Waals surface area contributed by atoms with Crippen molar-refractivity contribution in [2.24, 2.45) is 11.8 Å². The summed E-state index contributed by atoms with van der Waals surface area (Å²) in [5.74, 6) is 0.689. The summed E-state index contributed by atoms with van der Waals surface area (Å²) in [6.45, 7) is 9.27. The minimum atomic E-state index is 0.0351. The third kappa shape index (κ3) is 9.39. The normalized spacial score (nSPS) is 12.7. The Hall–Kier alpha value is -0.530. The number of ether oxygens (including phenoxy) is 1. The predicted molar refractivity (Wildman–Crippen MR) is 86.8 cm³/mol. The fourth-order valence-electron chi connectivity index (χ4n) is 2.50. The van der Waals surface area contributed by atoms with Crippen LogP contribution in [0.5, 0.6) is 0 Å². The largest absolute Gasteiger partial charge is 0.465 e. The standard InChI is InChI=1S/C18H36O2/c1-5-9-10-11-12-13-14-17(8-4)18(19)20-15-16(6-2)7-3/h16-17H,5-15H2,1-4H3. The second kappa shape index (κ2) is 13.5. The predicted octanol–water partition coefficient (Wildman–Crippen LogP) is 5.74. The van der Waals surface area contributed by atoms with Crippen molar-refractivity contribution in [1.29, 1.82) is 0 Å². The lowest BCUT2D eigenvalue weighted by molar-refractivity contribution is -0.150. The molecule has 0 aliphatic heterocycles. The Bertz CT molecular complexity index is 221. The zero-order valence-corrected chi connectivity index (χ0v) is 14.2. The van der Waals surface area contributed by atoms with Crippen molar-refractivity contribution in [1.82, 2.24) is 0 Å². The van der Waals surface area contributed by atoms with Gasteiger partial charge in [0.2, 0.25) is 0 Å². The van der Waals surface area contributed by atoms with Gasteiger partial charge < -0.3 is 4.74 Å². The molecule has 0 aromatic rings. The summed E-state index contributed by atoms with van der Waals surface area (Å²) in [4.78, 5) is 12.1. The molecule has 0 N–H and O–H groups in total. The summed E-state index contributed by atoms with van der Waals surface area (Å²) >= 11 is 0. The molecule has 0 aliphatic rings. The number of unbranched alkanes of at least 4 members (excludes halogenated alkanes) is 5. The molecule has 0 saturated heterocycles. The summed E-state index contributed by atoms with van der Waals surface area (Å²) in [7, 11) is 0. The summed E-state index contributed by atoms with van der Waals surface area (Å²) in [5.41, 5.74) is 0. The van der Waals surface area contributed by atoms with Gasteiger partial charge in [-0.3, -0.25) is 4.79 Å². The molecular formula is C18H36O2. The van der Waals surface area contributed by atoms with Gasteiger partial charge in [-0.2, -0.15) is 0 Å². The van der Waals surface area contributed by atoms with Crippen LogP contribution >= 0.6 is 0 Å². The maximum Gasteiger partial charge on any atom is 0.308 e. The van der Waals surface area contributed by atoms with Crippen molar-refractivity contribution in [3.8, 4) is 0 Å². The summed E-state index contributed by atoms with van der Waals surface area (Å²) in [6.07, 6.45) is 11.8. The quantitative estimate of drug-likeness (QED) is 0.318. The monoisotopic (exact) mass is 284 g/mol. The number of hydrogen-bond acceptors (Lipinski definition) is 2. The van der Waals surface area contributed by atoms with Crippen LogP contribution in [0.2, 0.25) is 0 Å². The average molecular weight is 284 g/mol. The average Bonchev–Trinajstić information content (AvgIpc) is 2.47. The van der Waals surface area contributed by atoms with Crippen LogP contribution in [0.15, 0.2) is 0 Å². The molecule has 0 radical (unpaired) electrons. The van der Waals surface area contributed by atoms with E-state index in [9.17, 15) is 4.79 Å². The van der Waals surface area contributed by atoms with Gasteiger partial charge in [-0.15, -0.1) is 0 Å². The number of hydrogen-bond donors (Lipinski definition) is 0. The van der Waals surface area contributed by atoms with Crippen LogP contribution in [0, 0.1) is 11.8 Å². The third-order valence-corrected chi connectivity index (χ3v) is 4.35. The molecule has 2 heteroatoms. The van der Waals surface area contributed by atoms with E-state index >= 15 is 0 Å². The van der Waals surface area contributed by atoms with Gasteiger partial charge in [-0.25, -0.2) is 0 Å². The molecule has 0 rings (SSSR count). The Morgan fingerprint density at radius 1 is 0.850 bits per heavy atom. The summed E-state index contributed by atoms with van der Waals surface area (Å²) in [6, 6.07) is 0. The molecule has 0 saturated carbocycles. The highest BCUT2D eigenvalue weighted by molar-refractivity contribution is 5.72. The first-order chi connectivity index (χ1) is 9.69. The molecule has 0 aromatic heterocycles. The number of carbonyl (C=O) groups excluding carboxylic acids is 1. The molecule has 0 bridgehead atoms. The number of esters is 1. The van der Waals surface area contributed by atoms with E-state index in [4.69, 9.17) is 4.74 Å². The van der Waals surface area contributed by atoms with Crippen LogP contribution in [0.25, 0.3) is 0 Å². The van der Waals surface area contributed by atoms with Crippen molar-refractivity contribution in [2.45, 2.75) is 91.9 Å². The Balaban J connectivity index is 3.79. The second-order valence-corrected chi connectivity index (χ2v) is 5.97. The molecule has 1 unspecified atom stereocenters. The van der Waals surface area contributed by atoms with Crippen LogP contribution < -0.4 is 0 Å². The van der Waals surface area contributed by atoms with Gasteiger partial charge in [0, 0.05) is 0 Å². The zero-order valence-electron chi connectivity index (χ0n) is 14.2. The number of carbonyl (C=O) groups is 1. The first-order valence-corrected chi connectivity index (χ1v) is 8.86. The van der Waals surface area contributed by atoms with Crippen LogP contribution in [0.3, 0.4) is 0 Å². The van der Waals surface area contributed by atoms with Crippen molar-refractivity contribution >= 4 is 5.97 Å². The van der Waals surface area contributed by atoms with Gasteiger partial charge in [0.05, 0.1) is 12.5 Å². The molecule has 0 aromatic carbocycles. The molecule has 2 nitrogen and oxygen atoms in total. The molecule has 1 atom stereocenters. The molecule has 0 spiro atoms. The Labute approximate surface area is 126 Å². The van der Waals surface area contributed by atoms with Crippen LogP contribution in [-0.4, -0.2) is 12.6 Å². The minimum absolute atomic E-state index is 0.0351. The Kier molecular flexibility index (Phi) is 13.1. The summed E-state index contributed by atoms with van der Waals surface area (Å²) < 4.78 is 5.50.